The van der Waals surface area contributed by atoms with E-state index in [4.69, 9.17) is 5.73 Å². The van der Waals surface area contributed by atoms with Crippen molar-refractivity contribution in [3.8, 4) is 0 Å². The summed E-state index contributed by atoms with van der Waals surface area (Å²) in [6.07, 6.45) is 1.64. The Morgan fingerprint density at radius 2 is 2.33 bits per heavy atom. The number of primary amides is 1. The van der Waals surface area contributed by atoms with E-state index >= 15 is 0 Å². The second-order valence-electron chi connectivity index (χ2n) is 2.54. The van der Waals surface area contributed by atoms with E-state index < -0.39 is 0 Å². The zero-order valence-electron chi connectivity index (χ0n) is 6.62. The Hall–Kier alpha value is -0.900. The average molecular weight is 229 g/mol. The van der Waals surface area contributed by atoms with Crippen LogP contribution in [0.15, 0.2) is 22.9 Å². The second kappa shape index (κ2) is 3.67. The van der Waals surface area contributed by atoms with Crippen molar-refractivity contribution in [2.24, 2.45) is 5.73 Å². The maximum atomic E-state index is 10.8. The number of rotatable bonds is 2. The maximum absolute atomic E-state index is 10.8. The smallest absolute Gasteiger partial charge is 0.224 e. The fourth-order valence-electron chi connectivity index (χ4n) is 0.808. The molecule has 0 aromatic carbocycles. The predicted molar refractivity (Wildman–Crippen MR) is 49.5 cm³/mol. The molecule has 1 unspecified atom stereocenters. The Morgan fingerprint density at radius 1 is 1.67 bits per heavy atom. The monoisotopic (exact) mass is 228 g/mol. The minimum absolute atomic E-state index is 0.273. The Bertz CT molecular complexity index is 284. The molecule has 1 aromatic rings. The summed E-state index contributed by atoms with van der Waals surface area (Å²) in [7, 11) is 0. The highest BCUT2D eigenvalue weighted by molar-refractivity contribution is 9.10. The van der Waals surface area contributed by atoms with Crippen molar-refractivity contribution in [3.63, 3.8) is 0 Å². The molecule has 0 fully saturated rings. The first kappa shape index (κ1) is 9.19. The minimum atomic E-state index is -0.334. The number of nitrogens with zero attached hydrogens (tertiary/aromatic N) is 1. The van der Waals surface area contributed by atoms with Crippen LogP contribution in [0.1, 0.15) is 18.4 Å². The summed E-state index contributed by atoms with van der Waals surface area (Å²) >= 11 is 3.20. The fraction of sp³-hybridized carbons (Fsp3) is 0.250. The third-order valence-corrected chi connectivity index (χ3v) is 2.15. The van der Waals surface area contributed by atoms with Crippen LogP contribution in [0.4, 0.5) is 0 Å². The molecule has 12 heavy (non-hydrogen) atoms. The second-order valence-corrected chi connectivity index (χ2v) is 3.35. The van der Waals surface area contributed by atoms with Crippen molar-refractivity contribution >= 4 is 21.8 Å². The van der Waals surface area contributed by atoms with Crippen LogP contribution < -0.4 is 5.73 Å². The van der Waals surface area contributed by atoms with Crippen molar-refractivity contribution in [3.05, 3.63) is 28.5 Å². The van der Waals surface area contributed by atoms with E-state index in [2.05, 4.69) is 20.9 Å². The highest BCUT2D eigenvalue weighted by atomic mass is 79.9. The molecule has 1 heterocycles. The van der Waals surface area contributed by atoms with Crippen LogP contribution in [0.5, 0.6) is 0 Å². The summed E-state index contributed by atoms with van der Waals surface area (Å²) in [5.74, 6) is -0.607. The van der Waals surface area contributed by atoms with Crippen LogP contribution in [0.25, 0.3) is 0 Å². The topological polar surface area (TPSA) is 56.0 Å². The zero-order chi connectivity index (χ0) is 9.14. The van der Waals surface area contributed by atoms with Crippen molar-refractivity contribution in [2.45, 2.75) is 12.8 Å². The molecule has 0 aliphatic heterocycles. The summed E-state index contributed by atoms with van der Waals surface area (Å²) in [6.45, 7) is 1.76. The molecule has 1 amide bonds. The highest BCUT2D eigenvalue weighted by Gasteiger charge is 2.10. The lowest BCUT2D eigenvalue weighted by molar-refractivity contribution is -0.119. The molecule has 0 radical (unpaired) electrons. The third kappa shape index (κ3) is 2.04. The van der Waals surface area contributed by atoms with Gasteiger partial charge in [-0.25, -0.2) is 4.98 Å². The number of hydrogen-bond donors (Lipinski definition) is 1. The minimum Gasteiger partial charge on any atom is -0.369 e. The lowest BCUT2D eigenvalue weighted by Crippen LogP contribution is -2.18. The van der Waals surface area contributed by atoms with Gasteiger partial charge in [-0.3, -0.25) is 4.79 Å². The van der Waals surface area contributed by atoms with Crippen molar-refractivity contribution in [1.82, 2.24) is 4.98 Å². The summed E-state index contributed by atoms with van der Waals surface area (Å²) in [4.78, 5) is 14.8. The van der Waals surface area contributed by atoms with E-state index in [1.807, 2.05) is 6.07 Å². The van der Waals surface area contributed by atoms with Crippen LogP contribution in [0, 0.1) is 0 Å². The molecule has 0 bridgehead atoms. The van der Waals surface area contributed by atoms with Crippen molar-refractivity contribution < 1.29 is 4.79 Å². The van der Waals surface area contributed by atoms with E-state index in [-0.39, 0.29) is 11.8 Å². The molecule has 4 heteroatoms. The van der Waals surface area contributed by atoms with E-state index in [0.29, 0.717) is 0 Å². The van der Waals surface area contributed by atoms with Gasteiger partial charge >= 0.3 is 0 Å². The van der Waals surface area contributed by atoms with Crippen LogP contribution >= 0.6 is 15.9 Å². The van der Waals surface area contributed by atoms with Gasteiger partial charge in [-0.15, -0.1) is 0 Å². The fourth-order valence-corrected chi connectivity index (χ4v) is 1.04. The van der Waals surface area contributed by atoms with Gasteiger partial charge < -0.3 is 5.73 Å². The lowest BCUT2D eigenvalue weighted by Gasteiger charge is -2.05. The highest BCUT2D eigenvalue weighted by Crippen LogP contribution is 2.15. The summed E-state index contributed by atoms with van der Waals surface area (Å²) in [6, 6.07) is 3.61. The SMILES string of the molecule is CC(C(N)=O)c1ccc(Br)nc1. The number of hydrogen-bond acceptors (Lipinski definition) is 2. The first-order valence-electron chi connectivity index (χ1n) is 3.52. The Kier molecular flexibility index (Phi) is 2.81. The van der Waals surface area contributed by atoms with Gasteiger partial charge in [-0.1, -0.05) is 6.07 Å². The van der Waals surface area contributed by atoms with Crippen LogP contribution in [0.2, 0.25) is 0 Å². The van der Waals surface area contributed by atoms with E-state index in [1.165, 1.54) is 0 Å². The van der Waals surface area contributed by atoms with Gasteiger partial charge in [0.05, 0.1) is 5.92 Å². The van der Waals surface area contributed by atoms with Gasteiger partial charge in [-0.2, -0.15) is 0 Å². The first-order valence-corrected chi connectivity index (χ1v) is 4.31. The molecule has 1 aromatic heterocycles. The quantitative estimate of drug-likeness (QED) is 0.780. The molecule has 0 aliphatic carbocycles. The molecule has 0 saturated carbocycles. The molecular weight excluding hydrogens is 220 g/mol. The van der Waals surface area contributed by atoms with Gasteiger partial charge in [0.1, 0.15) is 4.60 Å². The normalized spacial score (nSPS) is 12.5. The van der Waals surface area contributed by atoms with Gasteiger partial charge in [0.2, 0.25) is 5.91 Å². The number of amides is 1. The largest absolute Gasteiger partial charge is 0.369 e. The molecular formula is C8H9BrN2O. The van der Waals surface area contributed by atoms with Gasteiger partial charge in [0.15, 0.2) is 0 Å². The predicted octanol–water partition coefficient (Wildman–Crippen LogP) is 1.43. The van der Waals surface area contributed by atoms with Gasteiger partial charge in [0.25, 0.3) is 0 Å². The number of aromatic nitrogens is 1. The molecule has 0 aliphatic rings. The number of nitrogens with two attached hydrogens (primary N) is 1. The van der Waals surface area contributed by atoms with E-state index in [1.54, 1.807) is 19.2 Å². The average Bonchev–Trinajstić information content (AvgIpc) is 2.04. The summed E-state index contributed by atoms with van der Waals surface area (Å²) < 4.78 is 0.753. The maximum Gasteiger partial charge on any atom is 0.224 e. The summed E-state index contributed by atoms with van der Waals surface area (Å²) in [5, 5.41) is 0. The van der Waals surface area contributed by atoms with E-state index in [0.717, 1.165) is 10.2 Å². The molecule has 3 nitrogen and oxygen atoms in total. The number of pyridine rings is 1. The lowest BCUT2D eigenvalue weighted by atomic mass is 10.0. The molecule has 1 rings (SSSR count). The number of halogens is 1. The van der Waals surface area contributed by atoms with Crippen molar-refractivity contribution in [2.75, 3.05) is 0 Å². The van der Waals surface area contributed by atoms with Crippen LogP contribution in [0.3, 0.4) is 0 Å². The molecule has 2 N–H and O–H groups in total. The van der Waals surface area contributed by atoms with Crippen molar-refractivity contribution in [1.29, 1.82) is 0 Å². The third-order valence-electron chi connectivity index (χ3n) is 1.68. The van der Waals surface area contributed by atoms with Gasteiger partial charge in [0, 0.05) is 6.20 Å². The Balaban J connectivity index is 2.89. The first-order chi connectivity index (χ1) is 5.61. The molecule has 64 valence electrons. The standard InChI is InChI=1S/C8H9BrN2O/c1-5(8(10)12)6-2-3-7(9)11-4-6/h2-5H,1H3,(H2,10,12). The molecule has 1 atom stereocenters. The Morgan fingerprint density at radius 3 is 2.75 bits per heavy atom. The van der Waals surface area contributed by atoms with Crippen LogP contribution in [-0.4, -0.2) is 10.9 Å². The van der Waals surface area contributed by atoms with Crippen LogP contribution in [-0.2, 0) is 4.79 Å². The van der Waals surface area contributed by atoms with Gasteiger partial charge in [-0.05, 0) is 34.5 Å². The number of carbonyl (C=O) groups excluding carboxylic acids is 1. The molecule has 0 saturated heterocycles. The molecule has 0 spiro atoms. The zero-order valence-corrected chi connectivity index (χ0v) is 8.21. The number of carbonyl (C=O) groups is 1. The Labute approximate surface area is 79.1 Å². The summed E-state index contributed by atoms with van der Waals surface area (Å²) in [5.41, 5.74) is 5.97. The van der Waals surface area contributed by atoms with E-state index in [9.17, 15) is 4.79 Å².